The number of hydrogen-bond acceptors (Lipinski definition) is 3. The highest BCUT2D eigenvalue weighted by Gasteiger charge is 2.37. The summed E-state index contributed by atoms with van der Waals surface area (Å²) in [5, 5.41) is 1.44. The zero-order chi connectivity index (χ0) is 21.1. The van der Waals surface area contributed by atoms with Crippen LogP contribution in [0.25, 0.3) is 6.08 Å². The number of carbonyl (C=O) groups excluding carboxylic acids is 1. The van der Waals surface area contributed by atoms with E-state index in [1.807, 2.05) is 39.0 Å². The van der Waals surface area contributed by atoms with E-state index in [1.54, 1.807) is 0 Å². The zero-order valence-corrected chi connectivity index (χ0v) is 18.7. The molecule has 1 saturated heterocycles. The number of amides is 1. The lowest BCUT2D eigenvalue weighted by atomic mass is 10.0. The standard InChI is InChI=1S/C25H39NO3/c1-5-6-7-8-9-10-14-17-23-20-22(19-18-21-15-12-11-13-16-21)26(29-23)24(27)28-25(2,3)4/h11-13,15-16,18-19,22-23H,5-10,14,17,20H2,1-4H3/b19-18+/t22-,23+/m0/s1. The van der Waals surface area contributed by atoms with Crippen molar-refractivity contribution in [3.63, 3.8) is 0 Å². The highest BCUT2D eigenvalue weighted by molar-refractivity contribution is 5.68. The molecule has 0 radical (unpaired) electrons. The molecule has 1 amide bonds. The predicted molar refractivity (Wildman–Crippen MR) is 119 cm³/mol. The molecule has 1 fully saturated rings. The number of carbonyl (C=O) groups is 1. The number of benzene rings is 1. The Morgan fingerprint density at radius 2 is 1.76 bits per heavy atom. The zero-order valence-electron chi connectivity index (χ0n) is 18.7. The van der Waals surface area contributed by atoms with Crippen molar-refractivity contribution in [2.24, 2.45) is 0 Å². The van der Waals surface area contributed by atoms with E-state index in [1.165, 1.54) is 43.6 Å². The molecule has 0 spiro atoms. The number of hydroxylamine groups is 2. The van der Waals surface area contributed by atoms with E-state index in [0.717, 1.165) is 24.8 Å². The van der Waals surface area contributed by atoms with E-state index in [-0.39, 0.29) is 12.1 Å². The average molecular weight is 402 g/mol. The molecule has 0 N–H and O–H groups in total. The summed E-state index contributed by atoms with van der Waals surface area (Å²) in [5.74, 6) is 0. The van der Waals surface area contributed by atoms with Gasteiger partial charge in [-0.05, 0) is 32.8 Å². The Labute approximate surface area is 177 Å². The van der Waals surface area contributed by atoms with Gasteiger partial charge in [0.25, 0.3) is 0 Å². The van der Waals surface area contributed by atoms with Gasteiger partial charge in [0.15, 0.2) is 0 Å². The topological polar surface area (TPSA) is 38.8 Å². The third-order valence-electron chi connectivity index (χ3n) is 5.08. The summed E-state index contributed by atoms with van der Waals surface area (Å²) >= 11 is 0. The molecule has 29 heavy (non-hydrogen) atoms. The van der Waals surface area contributed by atoms with Gasteiger partial charge in [-0.1, -0.05) is 94.4 Å². The summed E-state index contributed by atoms with van der Waals surface area (Å²) < 4.78 is 5.56. The molecule has 1 aliphatic heterocycles. The van der Waals surface area contributed by atoms with Crippen LogP contribution < -0.4 is 0 Å². The monoisotopic (exact) mass is 401 g/mol. The van der Waals surface area contributed by atoms with Crippen molar-refractivity contribution in [3.8, 4) is 0 Å². The Kier molecular flexibility index (Phi) is 9.72. The van der Waals surface area contributed by atoms with E-state index in [4.69, 9.17) is 9.57 Å². The third kappa shape index (κ3) is 9.03. The second-order valence-electron chi connectivity index (χ2n) is 9.02. The number of unbranched alkanes of at least 4 members (excludes halogenated alkanes) is 6. The minimum atomic E-state index is -0.537. The van der Waals surface area contributed by atoms with Crippen molar-refractivity contribution in [2.45, 2.75) is 103 Å². The largest absolute Gasteiger partial charge is 0.442 e. The van der Waals surface area contributed by atoms with Crippen LogP contribution in [0.1, 0.15) is 91.0 Å². The molecule has 0 saturated carbocycles. The normalized spacial score (nSPS) is 19.8. The Morgan fingerprint density at radius 1 is 1.10 bits per heavy atom. The van der Waals surface area contributed by atoms with Gasteiger partial charge in [-0.2, -0.15) is 5.06 Å². The molecule has 1 aromatic rings. The van der Waals surface area contributed by atoms with Crippen molar-refractivity contribution in [2.75, 3.05) is 0 Å². The lowest BCUT2D eigenvalue weighted by molar-refractivity contribution is -0.146. The Hall–Kier alpha value is -1.81. The van der Waals surface area contributed by atoms with Crippen LogP contribution in [0, 0.1) is 0 Å². The maximum atomic E-state index is 12.6. The summed E-state index contributed by atoms with van der Waals surface area (Å²) in [6.45, 7) is 7.89. The number of rotatable bonds is 10. The van der Waals surface area contributed by atoms with E-state index in [9.17, 15) is 4.79 Å². The van der Waals surface area contributed by atoms with E-state index < -0.39 is 11.7 Å². The second kappa shape index (κ2) is 12.0. The second-order valence-corrected chi connectivity index (χ2v) is 9.02. The Bertz CT molecular complexity index is 621. The highest BCUT2D eigenvalue weighted by Crippen LogP contribution is 2.28. The quantitative estimate of drug-likeness (QED) is 0.391. The first-order chi connectivity index (χ1) is 13.9. The molecule has 2 atom stereocenters. The molecular formula is C25H39NO3. The first-order valence-electron chi connectivity index (χ1n) is 11.3. The molecule has 2 rings (SSSR count). The Morgan fingerprint density at radius 3 is 2.41 bits per heavy atom. The van der Waals surface area contributed by atoms with Crippen molar-refractivity contribution >= 4 is 12.2 Å². The van der Waals surface area contributed by atoms with Gasteiger partial charge in [0.2, 0.25) is 0 Å². The van der Waals surface area contributed by atoms with E-state index in [2.05, 4.69) is 31.2 Å². The van der Waals surface area contributed by atoms with Crippen LogP contribution in [0.2, 0.25) is 0 Å². The smallest absolute Gasteiger partial charge is 0.435 e. The number of nitrogens with zero attached hydrogens (tertiary/aromatic N) is 1. The third-order valence-corrected chi connectivity index (χ3v) is 5.08. The highest BCUT2D eigenvalue weighted by atomic mass is 16.7. The first-order valence-corrected chi connectivity index (χ1v) is 11.3. The van der Waals surface area contributed by atoms with Crippen molar-refractivity contribution in [1.82, 2.24) is 5.06 Å². The molecule has 1 aliphatic rings. The van der Waals surface area contributed by atoms with Gasteiger partial charge < -0.3 is 4.74 Å². The van der Waals surface area contributed by atoms with E-state index >= 15 is 0 Å². The SMILES string of the molecule is CCCCCCCCC[C@@H]1C[C@H](/C=C/c2ccccc2)N(C(=O)OC(C)(C)C)O1. The van der Waals surface area contributed by atoms with Crippen LogP contribution in [0.3, 0.4) is 0 Å². The number of hydrogen-bond donors (Lipinski definition) is 0. The van der Waals surface area contributed by atoms with Crippen molar-refractivity contribution in [1.29, 1.82) is 0 Å². The molecular weight excluding hydrogens is 362 g/mol. The van der Waals surface area contributed by atoms with Crippen LogP contribution in [0.4, 0.5) is 4.79 Å². The fraction of sp³-hybridized carbons (Fsp3) is 0.640. The molecule has 1 aromatic carbocycles. The fourth-order valence-corrected chi connectivity index (χ4v) is 3.57. The lowest BCUT2D eigenvalue weighted by Crippen LogP contribution is -2.38. The van der Waals surface area contributed by atoms with Crippen LogP contribution in [0.15, 0.2) is 36.4 Å². The summed E-state index contributed by atoms with van der Waals surface area (Å²) in [4.78, 5) is 18.7. The van der Waals surface area contributed by atoms with Crippen LogP contribution in [0.5, 0.6) is 0 Å². The number of ether oxygens (including phenoxy) is 1. The average Bonchev–Trinajstić information content (AvgIpc) is 3.08. The summed E-state index contributed by atoms with van der Waals surface area (Å²) in [6, 6.07) is 10.0. The molecule has 4 heteroatoms. The van der Waals surface area contributed by atoms with Gasteiger partial charge in [0, 0.05) is 6.42 Å². The summed E-state index contributed by atoms with van der Waals surface area (Å²) in [6.07, 6.45) is 14.6. The maximum absolute atomic E-state index is 12.6. The van der Waals surface area contributed by atoms with Crippen LogP contribution >= 0.6 is 0 Å². The Balaban J connectivity index is 1.89. The first kappa shape index (κ1) is 23.5. The molecule has 0 aliphatic carbocycles. The van der Waals surface area contributed by atoms with Gasteiger partial charge >= 0.3 is 6.09 Å². The summed E-state index contributed by atoms with van der Waals surface area (Å²) in [7, 11) is 0. The maximum Gasteiger partial charge on any atom is 0.435 e. The van der Waals surface area contributed by atoms with Crippen molar-refractivity contribution in [3.05, 3.63) is 42.0 Å². The van der Waals surface area contributed by atoms with Gasteiger partial charge in [0.05, 0.1) is 12.1 Å². The molecule has 0 unspecified atom stereocenters. The molecule has 0 aromatic heterocycles. The van der Waals surface area contributed by atoms with E-state index in [0.29, 0.717) is 0 Å². The predicted octanol–water partition coefficient (Wildman–Crippen LogP) is 7.15. The van der Waals surface area contributed by atoms with Crippen LogP contribution in [-0.2, 0) is 9.57 Å². The lowest BCUT2D eigenvalue weighted by Gasteiger charge is -2.26. The van der Waals surface area contributed by atoms with Crippen LogP contribution in [-0.4, -0.2) is 28.9 Å². The molecule has 4 nitrogen and oxygen atoms in total. The van der Waals surface area contributed by atoms with Gasteiger partial charge in [-0.15, -0.1) is 0 Å². The molecule has 162 valence electrons. The van der Waals surface area contributed by atoms with Gasteiger partial charge in [0.1, 0.15) is 5.60 Å². The van der Waals surface area contributed by atoms with Gasteiger partial charge in [-0.3, -0.25) is 4.84 Å². The molecule has 0 bridgehead atoms. The molecule has 1 heterocycles. The fourth-order valence-electron chi connectivity index (χ4n) is 3.57. The minimum absolute atomic E-state index is 0.0728. The minimum Gasteiger partial charge on any atom is -0.442 e. The van der Waals surface area contributed by atoms with Crippen molar-refractivity contribution < 1.29 is 14.4 Å². The summed E-state index contributed by atoms with van der Waals surface area (Å²) in [5.41, 5.74) is 0.581. The van der Waals surface area contributed by atoms with Gasteiger partial charge in [-0.25, -0.2) is 4.79 Å².